The summed E-state index contributed by atoms with van der Waals surface area (Å²) in [6, 6.07) is 0. The summed E-state index contributed by atoms with van der Waals surface area (Å²) in [5.74, 6) is -0.842. The molecular weight excluding hydrogens is 942 g/mol. The molecule has 10 heteroatoms. The molecule has 0 aromatic heterocycles. The number of rotatable bonds is 54. The fourth-order valence-corrected chi connectivity index (χ4v) is 8.71. The Labute approximate surface area is 455 Å². The van der Waals surface area contributed by atoms with Crippen LogP contribution in [-0.2, 0) is 32.7 Å². The Hall–Kier alpha value is -3.07. The van der Waals surface area contributed by atoms with Crippen molar-refractivity contribution in [2.75, 3.05) is 47.5 Å². The van der Waals surface area contributed by atoms with Gasteiger partial charge in [-0.3, -0.25) is 14.2 Å². The molecule has 2 atom stereocenters. The second kappa shape index (κ2) is 54.7. The number of allylic oxidation sites excluding steroid dienone is 16. The van der Waals surface area contributed by atoms with Gasteiger partial charge in [0.15, 0.2) is 6.10 Å². The van der Waals surface area contributed by atoms with Crippen molar-refractivity contribution < 1.29 is 42.1 Å². The van der Waals surface area contributed by atoms with E-state index in [0.717, 1.165) is 103 Å². The predicted molar refractivity (Wildman–Crippen MR) is 314 cm³/mol. The van der Waals surface area contributed by atoms with Crippen molar-refractivity contribution in [2.24, 2.45) is 0 Å². The van der Waals surface area contributed by atoms with Crippen LogP contribution in [0.25, 0.3) is 0 Å². The monoisotopic (exact) mass is 1050 g/mol. The normalized spacial score (nSPS) is 14.0. The van der Waals surface area contributed by atoms with Crippen LogP contribution in [0.1, 0.15) is 245 Å². The molecule has 0 aromatic rings. The highest BCUT2D eigenvalue weighted by Crippen LogP contribution is 2.38. The fraction of sp³-hybridized carbons (Fsp3) is 0.719. The second-order valence-electron chi connectivity index (χ2n) is 21.0. The van der Waals surface area contributed by atoms with Gasteiger partial charge in [0, 0.05) is 12.8 Å². The van der Waals surface area contributed by atoms with Crippen LogP contribution in [0.4, 0.5) is 0 Å². The van der Waals surface area contributed by atoms with Crippen molar-refractivity contribution in [3.8, 4) is 0 Å². The van der Waals surface area contributed by atoms with Gasteiger partial charge in [-0.05, 0) is 96.3 Å². The molecule has 0 aliphatic heterocycles. The first-order valence-electron chi connectivity index (χ1n) is 29.9. The minimum atomic E-state index is -4.64. The maximum Gasteiger partial charge on any atom is 0.306 e. The largest absolute Gasteiger partial charge is 0.756 e. The van der Waals surface area contributed by atoms with Gasteiger partial charge in [0.2, 0.25) is 0 Å². The summed E-state index contributed by atoms with van der Waals surface area (Å²) in [7, 11) is 1.16. The first-order chi connectivity index (χ1) is 36.0. The van der Waals surface area contributed by atoms with E-state index in [1.807, 2.05) is 21.1 Å². The van der Waals surface area contributed by atoms with E-state index < -0.39 is 26.5 Å². The van der Waals surface area contributed by atoms with Crippen LogP contribution in [0, 0.1) is 0 Å². The summed E-state index contributed by atoms with van der Waals surface area (Å²) in [4.78, 5) is 37.9. The standard InChI is InChI=1S/C64H112NO8P/c1-6-8-10-12-14-16-18-20-22-24-25-26-27-28-29-30-31-32-33-34-35-36-37-38-39-41-43-45-47-49-51-53-55-57-64(67)73-62(61-72-74(68,69)71-59-58-65(3,4)5)60-70-63(66)56-54-52-50-48-46-44-42-40-23-21-19-17-15-13-11-9-7-2/h8,10,14,16,20-23,25-26,28-29,31-32,34-35,62H,6-7,9,11-13,15,17-19,24,27,30,33,36-61H2,1-5H3/b10-8-,16-14-,22-20-,23-21-,26-25-,29-28-,32-31-,35-34-. The summed E-state index contributed by atoms with van der Waals surface area (Å²) < 4.78 is 34.2. The van der Waals surface area contributed by atoms with Crippen molar-refractivity contribution in [2.45, 2.75) is 251 Å². The Balaban J connectivity index is 4.14. The van der Waals surface area contributed by atoms with Crippen LogP contribution in [0.2, 0.25) is 0 Å². The van der Waals surface area contributed by atoms with E-state index in [9.17, 15) is 19.0 Å². The van der Waals surface area contributed by atoms with Gasteiger partial charge in [0.05, 0.1) is 27.7 Å². The number of quaternary nitrogens is 1. The molecule has 0 bridgehead atoms. The quantitative estimate of drug-likeness (QED) is 0.0195. The third kappa shape index (κ3) is 58.2. The van der Waals surface area contributed by atoms with Gasteiger partial charge in [-0.25, -0.2) is 0 Å². The molecule has 0 aromatic carbocycles. The fourth-order valence-electron chi connectivity index (χ4n) is 7.98. The maximum absolute atomic E-state index is 12.8. The van der Waals surface area contributed by atoms with Crippen LogP contribution in [-0.4, -0.2) is 70.0 Å². The number of carbonyl (C=O) groups excluding carboxylic acids is 2. The molecule has 0 N–H and O–H groups in total. The first kappa shape index (κ1) is 70.9. The molecule has 0 amide bonds. The average molecular weight is 1050 g/mol. The minimum Gasteiger partial charge on any atom is -0.756 e. The molecule has 0 spiro atoms. The predicted octanol–water partition coefficient (Wildman–Crippen LogP) is 18.2. The molecule has 0 fully saturated rings. The van der Waals surface area contributed by atoms with Gasteiger partial charge >= 0.3 is 11.9 Å². The van der Waals surface area contributed by atoms with Gasteiger partial charge in [0.1, 0.15) is 19.8 Å². The van der Waals surface area contributed by atoms with Gasteiger partial charge in [-0.15, -0.1) is 0 Å². The molecule has 0 saturated heterocycles. The van der Waals surface area contributed by atoms with E-state index >= 15 is 0 Å². The Kier molecular flexibility index (Phi) is 52.4. The maximum atomic E-state index is 12.8. The highest BCUT2D eigenvalue weighted by molar-refractivity contribution is 7.45. The summed E-state index contributed by atoms with van der Waals surface area (Å²) >= 11 is 0. The van der Waals surface area contributed by atoms with Crippen molar-refractivity contribution >= 4 is 19.8 Å². The number of phosphoric acid groups is 1. The summed E-state index contributed by atoms with van der Waals surface area (Å²) in [5.41, 5.74) is 0. The van der Waals surface area contributed by atoms with Crippen molar-refractivity contribution in [1.82, 2.24) is 0 Å². The van der Waals surface area contributed by atoms with Crippen LogP contribution >= 0.6 is 7.82 Å². The third-order valence-corrected chi connectivity index (χ3v) is 13.6. The topological polar surface area (TPSA) is 111 Å². The van der Waals surface area contributed by atoms with E-state index in [1.54, 1.807) is 0 Å². The zero-order chi connectivity index (χ0) is 54.2. The Bertz CT molecular complexity index is 1570. The van der Waals surface area contributed by atoms with E-state index in [4.69, 9.17) is 18.5 Å². The molecule has 0 aliphatic rings. The van der Waals surface area contributed by atoms with E-state index in [0.29, 0.717) is 17.4 Å². The molecule has 2 unspecified atom stereocenters. The van der Waals surface area contributed by atoms with Crippen molar-refractivity contribution in [1.29, 1.82) is 0 Å². The smallest absolute Gasteiger partial charge is 0.306 e. The first-order valence-corrected chi connectivity index (χ1v) is 31.4. The molecule has 0 radical (unpaired) electrons. The molecule has 0 heterocycles. The summed E-state index contributed by atoms with van der Waals surface area (Å²) in [6.07, 6.45) is 74.5. The lowest BCUT2D eigenvalue weighted by molar-refractivity contribution is -0.870. The molecular formula is C64H112NO8P. The van der Waals surface area contributed by atoms with Crippen molar-refractivity contribution in [3.63, 3.8) is 0 Å². The second-order valence-corrected chi connectivity index (χ2v) is 22.4. The van der Waals surface area contributed by atoms with Gasteiger partial charge in [-0.1, -0.05) is 233 Å². The van der Waals surface area contributed by atoms with Crippen LogP contribution in [0.15, 0.2) is 97.2 Å². The number of hydrogen-bond acceptors (Lipinski definition) is 8. The average Bonchev–Trinajstić information content (AvgIpc) is 3.36. The van der Waals surface area contributed by atoms with E-state index in [-0.39, 0.29) is 32.0 Å². The number of hydrogen-bond donors (Lipinski definition) is 0. The van der Waals surface area contributed by atoms with Gasteiger partial charge in [0.25, 0.3) is 7.82 Å². The Morgan fingerprint density at radius 3 is 1.16 bits per heavy atom. The number of phosphoric ester groups is 1. The molecule has 426 valence electrons. The Morgan fingerprint density at radius 2 is 0.770 bits per heavy atom. The molecule has 0 aliphatic carbocycles. The lowest BCUT2D eigenvalue weighted by atomic mass is 10.0. The van der Waals surface area contributed by atoms with Crippen molar-refractivity contribution in [3.05, 3.63) is 97.2 Å². The zero-order valence-electron chi connectivity index (χ0n) is 48.3. The van der Waals surface area contributed by atoms with E-state index in [1.165, 1.54) is 109 Å². The SMILES string of the molecule is CC/C=C\C/C=C\C/C=C\C/C=C\C/C=C\C/C=C\C/C=C\CCCCCCCCCCCCCC(=O)OC(COC(=O)CCCCCCCCC/C=C\CCCCCCCC)COP(=O)([O-])OCC[N+](C)(C)C. The summed E-state index contributed by atoms with van der Waals surface area (Å²) in [5, 5.41) is 0. The highest BCUT2D eigenvalue weighted by atomic mass is 31.2. The Morgan fingerprint density at radius 1 is 0.432 bits per heavy atom. The number of nitrogens with zero attached hydrogens (tertiary/aromatic N) is 1. The highest BCUT2D eigenvalue weighted by Gasteiger charge is 2.22. The number of esters is 2. The van der Waals surface area contributed by atoms with E-state index in [2.05, 4.69) is 111 Å². The number of likely N-dealkylation sites (N-methyl/N-ethyl adjacent to an activating group) is 1. The van der Waals surface area contributed by atoms with Gasteiger partial charge < -0.3 is 27.9 Å². The van der Waals surface area contributed by atoms with Gasteiger partial charge in [-0.2, -0.15) is 0 Å². The molecule has 0 saturated carbocycles. The number of ether oxygens (including phenoxy) is 2. The number of unbranched alkanes of at least 4 members (excludes halogenated alkanes) is 24. The summed E-state index contributed by atoms with van der Waals surface area (Å²) in [6.45, 7) is 4.12. The lowest BCUT2D eigenvalue weighted by Gasteiger charge is -2.28. The molecule has 74 heavy (non-hydrogen) atoms. The lowest BCUT2D eigenvalue weighted by Crippen LogP contribution is -2.37. The zero-order valence-corrected chi connectivity index (χ0v) is 49.2. The molecule has 0 rings (SSSR count). The van der Waals surface area contributed by atoms with Crippen LogP contribution in [0.5, 0.6) is 0 Å². The number of carbonyl (C=O) groups is 2. The van der Waals surface area contributed by atoms with Crippen LogP contribution < -0.4 is 4.89 Å². The van der Waals surface area contributed by atoms with Crippen LogP contribution in [0.3, 0.4) is 0 Å². The molecule has 9 nitrogen and oxygen atoms in total. The third-order valence-electron chi connectivity index (χ3n) is 12.6. The minimum absolute atomic E-state index is 0.0356.